The highest BCUT2D eigenvalue weighted by Gasteiger charge is 2.35. The van der Waals surface area contributed by atoms with Gasteiger partial charge in [-0.15, -0.1) is 22.7 Å². The molecule has 2 aromatic carbocycles. The van der Waals surface area contributed by atoms with Crippen molar-refractivity contribution < 1.29 is 28.0 Å². The Morgan fingerprint density at radius 3 is 1.44 bits per heavy atom. The zero-order chi connectivity index (χ0) is 30.0. The molecule has 8 rings (SSSR count). The van der Waals surface area contributed by atoms with E-state index in [0.717, 1.165) is 4.47 Å². The zero-order valence-corrected chi connectivity index (χ0v) is 27.5. The van der Waals surface area contributed by atoms with Crippen molar-refractivity contribution in [3.05, 3.63) is 124 Å². The van der Waals surface area contributed by atoms with Gasteiger partial charge in [-0.05, 0) is 59.9 Å². The molecule has 4 aromatic heterocycles. The number of hydrogen-bond acceptors (Lipinski definition) is 10. The third kappa shape index (κ3) is 4.75. The monoisotopic (exact) mass is 796 g/mol. The molecule has 0 fully saturated rings. The first-order valence-corrected chi connectivity index (χ1v) is 16.3. The number of halogens is 3. The molecule has 8 nitrogen and oxygen atoms in total. The van der Waals surface area contributed by atoms with Crippen LogP contribution in [0.15, 0.2) is 89.4 Å². The van der Waals surface area contributed by atoms with Gasteiger partial charge in [0.2, 0.25) is 23.1 Å². The largest absolute Gasteiger partial charge is 0.447 e. The number of nitrogens with zero attached hydrogens (tertiary/aromatic N) is 2. The average Bonchev–Trinajstić information content (AvgIpc) is 3.81. The second kappa shape index (κ2) is 10.8. The van der Waals surface area contributed by atoms with Crippen LogP contribution in [0.4, 0.5) is 0 Å². The van der Waals surface area contributed by atoms with Crippen molar-refractivity contribution >= 4 is 93.6 Å². The van der Waals surface area contributed by atoms with E-state index < -0.39 is 0 Å². The molecular formula is C30H11Br3N2O6S2. The van der Waals surface area contributed by atoms with Crippen molar-refractivity contribution in [2.45, 2.75) is 0 Å². The van der Waals surface area contributed by atoms with Crippen LogP contribution in [0.1, 0.15) is 62.6 Å². The first kappa shape index (κ1) is 28.2. The molecule has 2 aliphatic carbocycles. The highest BCUT2D eigenvalue weighted by Crippen LogP contribution is 2.39. The van der Waals surface area contributed by atoms with Crippen molar-refractivity contribution in [3.8, 4) is 21.5 Å². The molecule has 0 saturated carbocycles. The Kier molecular flexibility index (Phi) is 7.09. The molecule has 0 unspecified atom stereocenters. The molecule has 6 aromatic rings. The Morgan fingerprint density at radius 2 is 1.02 bits per heavy atom. The van der Waals surface area contributed by atoms with E-state index in [1.54, 1.807) is 66.7 Å². The lowest BCUT2D eigenvalue weighted by Gasteiger charge is -2.11. The van der Waals surface area contributed by atoms with E-state index in [1.165, 1.54) is 22.7 Å². The van der Waals surface area contributed by atoms with Crippen LogP contribution in [0.5, 0.6) is 0 Å². The summed E-state index contributed by atoms with van der Waals surface area (Å²) in [6, 6.07) is 18.9. The standard InChI is InChI=1S/C15H5Br2NO3S.C15H6BrNO3S/c16-8-5-9(21-14(8)17)15-18-10-11(19)6-3-1-2-4-7(6)12(20)13(10)22-15;16-10-6-5-9(20-10)15-17-11-12(18)7-3-1-2-4-8(7)13(19)14(11)21-15/h1-5H;1-6H. The van der Waals surface area contributed by atoms with Gasteiger partial charge < -0.3 is 8.83 Å². The topological polar surface area (TPSA) is 120 Å². The number of carbonyl (C=O) groups excluding carboxylic acids is 4. The molecule has 0 saturated heterocycles. The number of rotatable bonds is 2. The Balaban J connectivity index is 0.000000140. The van der Waals surface area contributed by atoms with E-state index in [9.17, 15) is 19.2 Å². The van der Waals surface area contributed by atoms with Gasteiger partial charge in [0.1, 0.15) is 21.1 Å². The zero-order valence-electron chi connectivity index (χ0n) is 21.1. The van der Waals surface area contributed by atoms with Crippen LogP contribution in [0.25, 0.3) is 21.5 Å². The summed E-state index contributed by atoms with van der Waals surface area (Å²) in [6.07, 6.45) is 0. The first-order chi connectivity index (χ1) is 20.7. The van der Waals surface area contributed by atoms with Gasteiger partial charge in [0.05, 0.1) is 4.47 Å². The number of benzene rings is 2. The maximum Gasteiger partial charge on any atom is 0.213 e. The fourth-order valence-electron chi connectivity index (χ4n) is 4.61. The Labute approximate surface area is 275 Å². The summed E-state index contributed by atoms with van der Waals surface area (Å²) in [5, 5.41) is 1.03. The Morgan fingerprint density at radius 1 is 0.558 bits per heavy atom. The normalized spacial score (nSPS) is 13.2. The van der Waals surface area contributed by atoms with Gasteiger partial charge >= 0.3 is 0 Å². The van der Waals surface area contributed by atoms with Gasteiger partial charge in [-0.25, -0.2) is 9.97 Å². The van der Waals surface area contributed by atoms with Gasteiger partial charge in [0, 0.05) is 28.3 Å². The van der Waals surface area contributed by atoms with Crippen LogP contribution < -0.4 is 0 Å². The number of ketones is 4. The maximum absolute atomic E-state index is 12.5. The number of aromatic nitrogens is 2. The lowest BCUT2D eigenvalue weighted by Crippen LogP contribution is -2.19. The number of thiazole rings is 2. The van der Waals surface area contributed by atoms with Crippen LogP contribution in [-0.2, 0) is 0 Å². The summed E-state index contributed by atoms with van der Waals surface area (Å²) in [7, 11) is 0. The van der Waals surface area contributed by atoms with E-state index in [2.05, 4.69) is 57.8 Å². The van der Waals surface area contributed by atoms with Crippen molar-refractivity contribution in [1.29, 1.82) is 0 Å². The SMILES string of the molecule is O=C1c2ccccc2C(=O)c2sc(-c3cc(Br)c(Br)o3)nc21.O=C1c2ccccc2C(=O)c2sc(-c3ccc(Br)o3)nc21. The van der Waals surface area contributed by atoms with Gasteiger partial charge in [0.15, 0.2) is 30.9 Å². The van der Waals surface area contributed by atoms with Gasteiger partial charge in [-0.3, -0.25) is 19.2 Å². The van der Waals surface area contributed by atoms with E-state index >= 15 is 0 Å². The molecule has 0 amide bonds. The number of furan rings is 2. The quantitative estimate of drug-likeness (QED) is 0.171. The Bertz CT molecular complexity index is 2050. The highest BCUT2D eigenvalue weighted by atomic mass is 79.9. The fourth-order valence-corrected chi connectivity index (χ4v) is 7.44. The van der Waals surface area contributed by atoms with E-state index in [0.29, 0.717) is 62.9 Å². The van der Waals surface area contributed by atoms with Gasteiger partial charge in [-0.1, -0.05) is 48.5 Å². The van der Waals surface area contributed by atoms with Crippen LogP contribution in [-0.4, -0.2) is 33.1 Å². The fraction of sp³-hybridized carbons (Fsp3) is 0. The van der Waals surface area contributed by atoms with Gasteiger partial charge in [-0.2, -0.15) is 0 Å². The molecule has 0 radical (unpaired) electrons. The molecule has 43 heavy (non-hydrogen) atoms. The van der Waals surface area contributed by atoms with Crippen molar-refractivity contribution in [2.24, 2.45) is 0 Å². The minimum absolute atomic E-state index is 0.158. The lowest BCUT2D eigenvalue weighted by molar-refractivity contribution is 0.0979. The molecule has 210 valence electrons. The van der Waals surface area contributed by atoms with E-state index in [1.807, 2.05) is 0 Å². The summed E-state index contributed by atoms with van der Waals surface area (Å²) in [6.45, 7) is 0. The lowest BCUT2D eigenvalue weighted by atomic mass is 9.91. The number of hydrogen-bond donors (Lipinski definition) is 0. The third-order valence-corrected chi connectivity index (χ3v) is 10.8. The first-order valence-electron chi connectivity index (χ1n) is 12.3. The van der Waals surface area contributed by atoms with Crippen molar-refractivity contribution in [3.63, 3.8) is 0 Å². The van der Waals surface area contributed by atoms with Crippen LogP contribution in [0, 0.1) is 0 Å². The van der Waals surface area contributed by atoms with Gasteiger partial charge in [0.25, 0.3) is 0 Å². The minimum Gasteiger partial charge on any atom is -0.447 e. The van der Waals surface area contributed by atoms with E-state index in [-0.39, 0.29) is 34.5 Å². The predicted molar refractivity (Wildman–Crippen MR) is 169 cm³/mol. The second-order valence-electron chi connectivity index (χ2n) is 9.14. The van der Waals surface area contributed by atoms with Crippen LogP contribution in [0.2, 0.25) is 0 Å². The summed E-state index contributed by atoms with van der Waals surface area (Å²) in [5.41, 5.74) is 2.09. The highest BCUT2D eigenvalue weighted by molar-refractivity contribution is 9.13. The summed E-state index contributed by atoms with van der Waals surface area (Å²) in [4.78, 5) is 59.3. The molecule has 0 spiro atoms. The smallest absolute Gasteiger partial charge is 0.213 e. The average molecular weight is 799 g/mol. The molecule has 4 heterocycles. The van der Waals surface area contributed by atoms with Crippen molar-refractivity contribution in [2.75, 3.05) is 0 Å². The number of carbonyl (C=O) groups is 4. The molecule has 0 aliphatic heterocycles. The van der Waals surface area contributed by atoms with E-state index in [4.69, 9.17) is 8.83 Å². The molecule has 13 heteroatoms. The second-order valence-corrected chi connectivity index (χ2v) is 13.5. The molecule has 0 bridgehead atoms. The van der Waals surface area contributed by atoms with Crippen LogP contribution in [0.3, 0.4) is 0 Å². The molecule has 0 atom stereocenters. The predicted octanol–water partition coefficient (Wildman–Crippen LogP) is 8.64. The molecule has 0 N–H and O–H groups in total. The number of fused-ring (bicyclic) bond motifs is 4. The summed E-state index contributed by atoms with van der Waals surface area (Å²) < 4.78 is 12.8. The van der Waals surface area contributed by atoms with Crippen molar-refractivity contribution in [1.82, 2.24) is 9.97 Å². The minimum atomic E-state index is -0.225. The molecular weight excluding hydrogens is 788 g/mol. The Hall–Kier alpha value is -3.62. The molecule has 2 aliphatic rings. The summed E-state index contributed by atoms with van der Waals surface area (Å²) in [5.74, 6) is 0.271. The third-order valence-electron chi connectivity index (χ3n) is 6.57. The maximum atomic E-state index is 12.5. The van der Waals surface area contributed by atoms with Crippen LogP contribution >= 0.6 is 70.5 Å². The summed E-state index contributed by atoms with van der Waals surface area (Å²) >= 11 is 12.2.